The highest BCUT2D eigenvalue weighted by atomic mass is 79.9. The standard InChI is InChI=1S/C20H26BrN3O4S/c1-19(2,3)27-17(25)22-11-14-15(12-8-7-9-13(21)10-12)23-16(29-14)24-18(26)28-20(4,5)6/h7-10H,11H2,1-6H3,(H,22,25)(H,23,24,26). The van der Waals surface area contributed by atoms with Crippen molar-refractivity contribution in [3.63, 3.8) is 0 Å². The van der Waals surface area contributed by atoms with Crippen molar-refractivity contribution in [3.8, 4) is 11.3 Å². The normalized spacial score (nSPS) is 11.7. The number of hydrogen-bond donors (Lipinski definition) is 2. The van der Waals surface area contributed by atoms with Crippen molar-refractivity contribution in [3.05, 3.63) is 33.6 Å². The molecule has 1 heterocycles. The first-order chi connectivity index (χ1) is 13.3. The third-order valence-electron chi connectivity index (χ3n) is 3.20. The van der Waals surface area contributed by atoms with Crippen LogP contribution < -0.4 is 10.6 Å². The van der Waals surface area contributed by atoms with Crippen LogP contribution in [0, 0.1) is 0 Å². The third-order valence-corrected chi connectivity index (χ3v) is 4.66. The number of aromatic nitrogens is 1. The Balaban J connectivity index is 2.24. The van der Waals surface area contributed by atoms with Gasteiger partial charge in [0.2, 0.25) is 0 Å². The van der Waals surface area contributed by atoms with Crippen molar-refractivity contribution in [2.45, 2.75) is 59.3 Å². The van der Waals surface area contributed by atoms with E-state index in [4.69, 9.17) is 9.47 Å². The van der Waals surface area contributed by atoms with Gasteiger partial charge in [0.05, 0.1) is 17.1 Å². The molecule has 158 valence electrons. The monoisotopic (exact) mass is 483 g/mol. The lowest BCUT2D eigenvalue weighted by atomic mass is 10.1. The largest absolute Gasteiger partial charge is 0.444 e. The van der Waals surface area contributed by atoms with E-state index in [1.165, 1.54) is 11.3 Å². The number of carbonyl (C=O) groups is 2. The summed E-state index contributed by atoms with van der Waals surface area (Å²) in [6.45, 7) is 11.0. The molecule has 0 saturated carbocycles. The minimum Gasteiger partial charge on any atom is -0.444 e. The minimum atomic E-state index is -0.616. The summed E-state index contributed by atoms with van der Waals surface area (Å²) in [4.78, 5) is 29.4. The Hall–Kier alpha value is -2.13. The second-order valence-corrected chi connectivity index (χ2v) is 10.3. The van der Waals surface area contributed by atoms with Gasteiger partial charge in [-0.05, 0) is 53.7 Å². The highest BCUT2D eigenvalue weighted by molar-refractivity contribution is 9.10. The van der Waals surface area contributed by atoms with Crippen molar-refractivity contribution in [1.82, 2.24) is 10.3 Å². The first-order valence-corrected chi connectivity index (χ1v) is 10.7. The third kappa shape index (κ3) is 8.02. The van der Waals surface area contributed by atoms with Crippen LogP contribution in [0.3, 0.4) is 0 Å². The molecule has 0 radical (unpaired) electrons. The number of alkyl carbamates (subject to hydrolysis) is 1. The molecule has 0 aliphatic heterocycles. The van der Waals surface area contributed by atoms with Crippen LogP contribution in [-0.2, 0) is 16.0 Å². The van der Waals surface area contributed by atoms with Crippen LogP contribution >= 0.6 is 27.3 Å². The highest BCUT2D eigenvalue weighted by Crippen LogP contribution is 2.32. The summed E-state index contributed by atoms with van der Waals surface area (Å²) in [6.07, 6.45) is -1.11. The quantitative estimate of drug-likeness (QED) is 0.560. The predicted molar refractivity (Wildman–Crippen MR) is 118 cm³/mol. The van der Waals surface area contributed by atoms with E-state index in [0.29, 0.717) is 10.8 Å². The zero-order chi connectivity index (χ0) is 21.8. The summed E-state index contributed by atoms with van der Waals surface area (Å²) in [7, 11) is 0. The molecule has 1 aromatic carbocycles. The van der Waals surface area contributed by atoms with E-state index in [1.54, 1.807) is 41.5 Å². The molecular formula is C20H26BrN3O4S. The van der Waals surface area contributed by atoms with Crippen molar-refractivity contribution in [2.75, 3.05) is 5.32 Å². The first kappa shape index (κ1) is 23.2. The van der Waals surface area contributed by atoms with Crippen molar-refractivity contribution < 1.29 is 19.1 Å². The Bertz CT molecular complexity index is 885. The molecule has 0 spiro atoms. The first-order valence-electron chi connectivity index (χ1n) is 9.05. The highest BCUT2D eigenvalue weighted by Gasteiger charge is 2.21. The molecule has 2 rings (SSSR count). The molecule has 9 heteroatoms. The molecule has 0 atom stereocenters. The van der Waals surface area contributed by atoms with Gasteiger partial charge >= 0.3 is 12.2 Å². The zero-order valence-corrected chi connectivity index (χ0v) is 19.8. The van der Waals surface area contributed by atoms with E-state index < -0.39 is 23.4 Å². The summed E-state index contributed by atoms with van der Waals surface area (Å²) in [5.41, 5.74) is 0.316. The lowest BCUT2D eigenvalue weighted by molar-refractivity contribution is 0.0523. The van der Waals surface area contributed by atoms with Crippen LogP contribution in [0.2, 0.25) is 0 Å². The number of ether oxygens (including phenoxy) is 2. The fourth-order valence-electron chi connectivity index (χ4n) is 2.24. The fourth-order valence-corrected chi connectivity index (χ4v) is 3.55. The van der Waals surface area contributed by atoms with Gasteiger partial charge in [0.25, 0.3) is 0 Å². The van der Waals surface area contributed by atoms with Crippen LogP contribution in [0.25, 0.3) is 11.3 Å². The van der Waals surface area contributed by atoms with Crippen LogP contribution in [-0.4, -0.2) is 28.4 Å². The van der Waals surface area contributed by atoms with E-state index in [2.05, 4.69) is 31.5 Å². The van der Waals surface area contributed by atoms with Gasteiger partial charge in [0, 0.05) is 10.0 Å². The predicted octanol–water partition coefficient (Wildman–Crippen LogP) is 5.94. The minimum absolute atomic E-state index is 0.213. The van der Waals surface area contributed by atoms with E-state index in [9.17, 15) is 9.59 Å². The molecule has 2 amide bonds. The van der Waals surface area contributed by atoms with Gasteiger partial charge < -0.3 is 14.8 Å². The molecule has 7 nitrogen and oxygen atoms in total. The van der Waals surface area contributed by atoms with E-state index in [0.717, 1.165) is 14.9 Å². The Morgan fingerprint density at radius 2 is 1.69 bits per heavy atom. The number of hydrogen-bond acceptors (Lipinski definition) is 6. The molecule has 2 aromatic rings. The zero-order valence-electron chi connectivity index (χ0n) is 17.4. The molecule has 0 aliphatic carbocycles. The summed E-state index contributed by atoms with van der Waals surface area (Å²) in [5, 5.41) is 5.78. The Labute approximate surface area is 183 Å². The van der Waals surface area contributed by atoms with Gasteiger partial charge in [-0.25, -0.2) is 14.6 Å². The molecule has 0 bridgehead atoms. The average Bonchev–Trinajstić information content (AvgIpc) is 2.92. The van der Waals surface area contributed by atoms with Crippen LogP contribution in [0.15, 0.2) is 28.7 Å². The molecule has 0 fully saturated rings. The molecule has 2 N–H and O–H groups in total. The topological polar surface area (TPSA) is 89.6 Å². The number of benzene rings is 1. The van der Waals surface area contributed by atoms with Gasteiger partial charge in [0.15, 0.2) is 5.13 Å². The molecular weight excluding hydrogens is 458 g/mol. The average molecular weight is 484 g/mol. The molecule has 0 unspecified atom stereocenters. The van der Waals surface area contributed by atoms with Crippen molar-refractivity contribution in [1.29, 1.82) is 0 Å². The van der Waals surface area contributed by atoms with Crippen molar-refractivity contribution in [2.24, 2.45) is 0 Å². The Morgan fingerprint density at radius 1 is 1.07 bits per heavy atom. The number of thiazole rings is 1. The SMILES string of the molecule is CC(C)(C)OC(=O)NCc1sc(NC(=O)OC(C)(C)C)nc1-c1cccc(Br)c1. The summed E-state index contributed by atoms with van der Waals surface area (Å²) in [5.74, 6) is 0. The fraction of sp³-hybridized carbons (Fsp3) is 0.450. The maximum atomic E-state index is 12.1. The smallest absolute Gasteiger partial charge is 0.413 e. The second kappa shape index (κ2) is 9.13. The van der Waals surface area contributed by atoms with Gasteiger partial charge in [-0.15, -0.1) is 0 Å². The van der Waals surface area contributed by atoms with Gasteiger partial charge in [-0.3, -0.25) is 5.32 Å². The maximum Gasteiger partial charge on any atom is 0.413 e. The second-order valence-electron chi connectivity index (χ2n) is 8.28. The number of nitrogens with zero attached hydrogens (tertiary/aromatic N) is 1. The van der Waals surface area contributed by atoms with Gasteiger partial charge in [-0.1, -0.05) is 39.4 Å². The van der Waals surface area contributed by atoms with Crippen molar-refractivity contribution >= 4 is 44.6 Å². The Morgan fingerprint density at radius 3 is 2.28 bits per heavy atom. The van der Waals surface area contributed by atoms with Crippen LogP contribution in [0.1, 0.15) is 46.4 Å². The molecule has 0 saturated heterocycles. The Kier molecular flexibility index (Phi) is 7.29. The van der Waals surface area contributed by atoms with Crippen LogP contribution in [0.5, 0.6) is 0 Å². The van der Waals surface area contributed by atoms with Crippen LogP contribution in [0.4, 0.5) is 14.7 Å². The number of nitrogens with one attached hydrogen (secondary N) is 2. The number of carbonyl (C=O) groups excluding carboxylic acids is 2. The lowest BCUT2D eigenvalue weighted by Crippen LogP contribution is -2.32. The molecule has 1 aromatic heterocycles. The van der Waals surface area contributed by atoms with Gasteiger partial charge in [-0.2, -0.15) is 0 Å². The van der Waals surface area contributed by atoms with E-state index in [1.807, 2.05) is 24.3 Å². The van der Waals surface area contributed by atoms with E-state index >= 15 is 0 Å². The summed E-state index contributed by atoms with van der Waals surface area (Å²) < 4.78 is 11.5. The number of amides is 2. The van der Waals surface area contributed by atoms with E-state index in [-0.39, 0.29) is 6.54 Å². The number of halogens is 1. The molecule has 29 heavy (non-hydrogen) atoms. The maximum absolute atomic E-state index is 12.1. The van der Waals surface area contributed by atoms with Gasteiger partial charge in [0.1, 0.15) is 11.2 Å². The number of rotatable bonds is 4. The molecule has 0 aliphatic rings. The number of anilines is 1. The summed E-state index contributed by atoms with van der Waals surface area (Å²) >= 11 is 4.72. The summed E-state index contributed by atoms with van der Waals surface area (Å²) in [6, 6.07) is 7.64. The lowest BCUT2D eigenvalue weighted by Gasteiger charge is -2.19.